The average molecular weight is 275 g/mol. The minimum atomic E-state index is 0.788. The number of nitrogens with one attached hydrogen (secondary N) is 1. The molecular formula is C13H13N3S2. The van der Waals surface area contributed by atoms with E-state index in [-0.39, 0.29) is 0 Å². The van der Waals surface area contributed by atoms with Gasteiger partial charge in [0.25, 0.3) is 0 Å². The molecule has 0 aliphatic heterocycles. The van der Waals surface area contributed by atoms with Crippen molar-refractivity contribution in [1.82, 2.24) is 14.5 Å². The van der Waals surface area contributed by atoms with Gasteiger partial charge in [-0.1, -0.05) is 12.1 Å². The van der Waals surface area contributed by atoms with Gasteiger partial charge in [-0.2, -0.15) is 0 Å². The fourth-order valence-electron chi connectivity index (χ4n) is 2.20. The third-order valence-electron chi connectivity index (χ3n) is 3.03. The maximum Gasteiger partial charge on any atom is 0.178 e. The highest BCUT2D eigenvalue weighted by Crippen LogP contribution is 2.19. The molecule has 0 unspecified atom stereocenters. The minimum Gasteiger partial charge on any atom is -0.331 e. The van der Waals surface area contributed by atoms with Gasteiger partial charge in [0, 0.05) is 24.5 Å². The number of aromatic nitrogens is 3. The van der Waals surface area contributed by atoms with Crippen molar-refractivity contribution in [1.29, 1.82) is 0 Å². The van der Waals surface area contributed by atoms with Crippen LogP contribution in [0.5, 0.6) is 0 Å². The number of thiazole rings is 1. The number of hydrogen-bond acceptors (Lipinski definition) is 3. The molecule has 18 heavy (non-hydrogen) atoms. The predicted molar refractivity (Wildman–Crippen MR) is 77.7 cm³/mol. The second-order valence-corrected chi connectivity index (χ2v) is 5.59. The molecule has 0 amide bonds. The Hall–Kier alpha value is -1.46. The number of hydrogen-bond donors (Lipinski definition) is 1. The molecule has 2 aromatic heterocycles. The van der Waals surface area contributed by atoms with E-state index < -0.39 is 0 Å². The van der Waals surface area contributed by atoms with E-state index >= 15 is 0 Å². The van der Waals surface area contributed by atoms with Crippen LogP contribution in [0.4, 0.5) is 0 Å². The maximum absolute atomic E-state index is 5.40. The molecule has 3 aromatic rings. The van der Waals surface area contributed by atoms with E-state index in [9.17, 15) is 0 Å². The van der Waals surface area contributed by atoms with E-state index in [2.05, 4.69) is 33.6 Å². The Labute approximate surface area is 114 Å². The van der Waals surface area contributed by atoms with Crippen molar-refractivity contribution < 1.29 is 0 Å². The van der Waals surface area contributed by atoms with E-state index in [0.717, 1.165) is 28.3 Å². The fraction of sp³-hybridized carbons (Fsp3) is 0.231. The summed E-state index contributed by atoms with van der Waals surface area (Å²) in [5, 5.41) is 3.16. The number of rotatable bonds is 3. The van der Waals surface area contributed by atoms with Gasteiger partial charge in [-0.05, 0) is 30.8 Å². The largest absolute Gasteiger partial charge is 0.331 e. The van der Waals surface area contributed by atoms with Crippen molar-refractivity contribution in [2.45, 2.75) is 19.9 Å². The molecule has 0 atom stereocenters. The van der Waals surface area contributed by atoms with Crippen LogP contribution in [-0.2, 0) is 13.0 Å². The summed E-state index contributed by atoms with van der Waals surface area (Å²) in [6, 6.07) is 6.23. The Bertz CT molecular complexity index is 722. The standard InChI is InChI=1S/C13H13N3S2/c1-9-3-2-4-10-12(9)16(13(17)15-10)7-5-11-14-6-8-18-11/h2-4,6,8H,5,7H2,1H3,(H,15,17). The number of aryl methyl sites for hydroxylation is 3. The normalized spacial score (nSPS) is 11.2. The maximum atomic E-state index is 5.40. The molecular weight excluding hydrogens is 262 g/mol. The third kappa shape index (κ3) is 2.00. The second-order valence-electron chi connectivity index (χ2n) is 4.23. The lowest BCUT2D eigenvalue weighted by atomic mass is 10.2. The average Bonchev–Trinajstić information content (AvgIpc) is 2.94. The Kier molecular flexibility index (Phi) is 3.01. The molecule has 0 aliphatic rings. The van der Waals surface area contributed by atoms with Crippen LogP contribution in [-0.4, -0.2) is 14.5 Å². The summed E-state index contributed by atoms with van der Waals surface area (Å²) in [6.45, 7) is 2.99. The summed E-state index contributed by atoms with van der Waals surface area (Å²) >= 11 is 7.09. The molecule has 0 bridgehead atoms. The number of fused-ring (bicyclic) bond motifs is 1. The summed E-state index contributed by atoms with van der Waals surface area (Å²) in [6.07, 6.45) is 2.77. The van der Waals surface area contributed by atoms with E-state index in [1.807, 2.05) is 17.6 Å². The summed E-state index contributed by atoms with van der Waals surface area (Å²) in [5.41, 5.74) is 3.57. The second kappa shape index (κ2) is 4.66. The zero-order chi connectivity index (χ0) is 12.5. The van der Waals surface area contributed by atoms with Crippen molar-refractivity contribution in [2.75, 3.05) is 0 Å². The Balaban J connectivity index is 2.01. The van der Waals surface area contributed by atoms with Crippen molar-refractivity contribution in [2.24, 2.45) is 0 Å². The summed E-state index contributed by atoms with van der Waals surface area (Å²) < 4.78 is 2.96. The number of para-hydroxylation sites is 1. The first-order valence-corrected chi connectivity index (χ1v) is 7.11. The van der Waals surface area contributed by atoms with Crippen LogP contribution in [0.3, 0.4) is 0 Å². The molecule has 0 saturated carbocycles. The first-order chi connectivity index (χ1) is 8.75. The molecule has 3 rings (SSSR count). The van der Waals surface area contributed by atoms with Gasteiger partial charge in [0.2, 0.25) is 0 Å². The molecule has 0 saturated heterocycles. The molecule has 0 radical (unpaired) electrons. The minimum absolute atomic E-state index is 0.788. The van der Waals surface area contributed by atoms with E-state index in [4.69, 9.17) is 12.2 Å². The van der Waals surface area contributed by atoms with Crippen LogP contribution in [0.25, 0.3) is 11.0 Å². The van der Waals surface area contributed by atoms with Crippen molar-refractivity contribution in [3.63, 3.8) is 0 Å². The quantitative estimate of drug-likeness (QED) is 0.739. The van der Waals surface area contributed by atoms with Crippen LogP contribution in [0.2, 0.25) is 0 Å². The predicted octanol–water partition coefficient (Wildman–Crippen LogP) is 3.71. The van der Waals surface area contributed by atoms with Gasteiger partial charge >= 0.3 is 0 Å². The van der Waals surface area contributed by atoms with Crippen molar-refractivity contribution in [3.8, 4) is 0 Å². The zero-order valence-electron chi connectivity index (χ0n) is 10.0. The van der Waals surface area contributed by atoms with E-state index in [1.165, 1.54) is 11.1 Å². The lowest BCUT2D eigenvalue weighted by Crippen LogP contribution is -2.02. The summed E-state index contributed by atoms with van der Waals surface area (Å²) in [7, 11) is 0. The fourth-order valence-corrected chi connectivity index (χ4v) is 3.10. The highest BCUT2D eigenvalue weighted by molar-refractivity contribution is 7.71. The number of benzene rings is 1. The number of H-pyrrole nitrogens is 1. The lowest BCUT2D eigenvalue weighted by molar-refractivity contribution is 0.702. The van der Waals surface area contributed by atoms with Crippen LogP contribution in [0.1, 0.15) is 10.6 Å². The Morgan fingerprint density at radius 1 is 1.44 bits per heavy atom. The molecule has 5 heteroatoms. The van der Waals surface area contributed by atoms with Gasteiger partial charge in [-0.25, -0.2) is 4.98 Å². The molecule has 3 nitrogen and oxygen atoms in total. The third-order valence-corrected chi connectivity index (χ3v) is 4.19. The SMILES string of the molecule is Cc1cccc2[nH]c(=S)n(CCc3nccs3)c12. The highest BCUT2D eigenvalue weighted by Gasteiger charge is 2.07. The molecule has 0 spiro atoms. The topological polar surface area (TPSA) is 33.6 Å². The Morgan fingerprint density at radius 3 is 3.11 bits per heavy atom. The van der Waals surface area contributed by atoms with Gasteiger partial charge in [0.15, 0.2) is 4.77 Å². The smallest absolute Gasteiger partial charge is 0.178 e. The molecule has 1 aromatic carbocycles. The number of imidazole rings is 1. The molecule has 92 valence electrons. The van der Waals surface area contributed by atoms with E-state index in [0.29, 0.717) is 0 Å². The number of nitrogens with zero attached hydrogens (tertiary/aromatic N) is 2. The first-order valence-electron chi connectivity index (χ1n) is 5.82. The molecule has 2 heterocycles. The van der Waals surface area contributed by atoms with Gasteiger partial charge < -0.3 is 9.55 Å². The highest BCUT2D eigenvalue weighted by atomic mass is 32.1. The van der Waals surface area contributed by atoms with Crippen LogP contribution in [0.15, 0.2) is 29.8 Å². The first kappa shape index (κ1) is 11.6. The summed E-state index contributed by atoms with van der Waals surface area (Å²) in [4.78, 5) is 7.57. The van der Waals surface area contributed by atoms with Crippen LogP contribution >= 0.6 is 23.6 Å². The zero-order valence-corrected chi connectivity index (χ0v) is 11.6. The summed E-state index contributed by atoms with van der Waals surface area (Å²) in [5.74, 6) is 0. The van der Waals surface area contributed by atoms with Gasteiger partial charge in [-0.3, -0.25) is 0 Å². The van der Waals surface area contributed by atoms with Crippen LogP contribution in [0, 0.1) is 11.7 Å². The van der Waals surface area contributed by atoms with Crippen molar-refractivity contribution >= 4 is 34.6 Å². The van der Waals surface area contributed by atoms with Gasteiger partial charge in [0.1, 0.15) is 0 Å². The van der Waals surface area contributed by atoms with Crippen LogP contribution < -0.4 is 0 Å². The molecule has 0 fully saturated rings. The molecule has 1 N–H and O–H groups in total. The lowest BCUT2D eigenvalue weighted by Gasteiger charge is -2.05. The van der Waals surface area contributed by atoms with Crippen molar-refractivity contribution in [3.05, 3.63) is 45.1 Å². The van der Waals surface area contributed by atoms with E-state index in [1.54, 1.807) is 11.3 Å². The van der Waals surface area contributed by atoms with Gasteiger partial charge in [-0.15, -0.1) is 11.3 Å². The molecule has 0 aliphatic carbocycles. The monoisotopic (exact) mass is 275 g/mol. The van der Waals surface area contributed by atoms with Gasteiger partial charge in [0.05, 0.1) is 16.0 Å². The Morgan fingerprint density at radius 2 is 2.33 bits per heavy atom. The number of aromatic amines is 1.